The summed E-state index contributed by atoms with van der Waals surface area (Å²) in [6.07, 6.45) is 1.66. The maximum atomic E-state index is 11.3. The predicted molar refractivity (Wildman–Crippen MR) is 72.7 cm³/mol. The lowest BCUT2D eigenvalue weighted by molar-refractivity contribution is -0.130. The second-order valence-corrected chi connectivity index (χ2v) is 4.83. The van der Waals surface area contributed by atoms with Gasteiger partial charge in [0.25, 0.3) is 0 Å². The van der Waals surface area contributed by atoms with E-state index in [0.717, 1.165) is 10.4 Å². The summed E-state index contributed by atoms with van der Waals surface area (Å²) in [5.74, 6) is -0.857. The Bertz CT molecular complexity index is 594. The minimum atomic E-state index is -0.978. The van der Waals surface area contributed by atoms with Gasteiger partial charge in [-0.15, -0.1) is 11.3 Å². The molecule has 92 valence electrons. The molecule has 0 atom stereocenters. The number of aliphatic carboxylic acids is 1. The molecule has 2 N–H and O–H groups in total. The smallest absolute Gasteiger partial charge is 0.336 e. The molecule has 0 aliphatic rings. The van der Waals surface area contributed by atoms with Crippen molar-refractivity contribution in [2.75, 3.05) is 0 Å². The lowest BCUT2D eigenvalue weighted by Crippen LogP contribution is -1.99. The lowest BCUT2D eigenvalue weighted by atomic mass is 10.0. The zero-order valence-electron chi connectivity index (χ0n) is 9.75. The maximum absolute atomic E-state index is 11.3. The Hall–Kier alpha value is -2.07. The summed E-state index contributed by atoms with van der Waals surface area (Å²) >= 11 is 1.50. The highest BCUT2D eigenvalue weighted by molar-refractivity contribution is 7.11. The van der Waals surface area contributed by atoms with Crippen LogP contribution in [0.15, 0.2) is 35.7 Å². The first-order valence-corrected chi connectivity index (χ1v) is 6.24. The Morgan fingerprint density at radius 1 is 1.22 bits per heavy atom. The first kappa shape index (κ1) is 12.4. The Morgan fingerprint density at radius 3 is 2.39 bits per heavy atom. The Labute approximate surface area is 109 Å². The van der Waals surface area contributed by atoms with E-state index in [2.05, 4.69) is 0 Å². The van der Waals surface area contributed by atoms with Gasteiger partial charge in [-0.1, -0.05) is 12.1 Å². The molecule has 0 bridgehead atoms. The number of hydrogen-bond donors (Lipinski definition) is 2. The van der Waals surface area contributed by atoms with Crippen LogP contribution in [0, 0.1) is 6.92 Å². The molecule has 0 saturated heterocycles. The van der Waals surface area contributed by atoms with Gasteiger partial charge in [0, 0.05) is 4.88 Å². The molecule has 0 unspecified atom stereocenters. The lowest BCUT2D eigenvalue weighted by Gasteiger charge is -2.03. The van der Waals surface area contributed by atoms with Gasteiger partial charge in [0.05, 0.1) is 5.57 Å². The summed E-state index contributed by atoms with van der Waals surface area (Å²) in [4.78, 5) is 12.2. The van der Waals surface area contributed by atoms with E-state index >= 15 is 0 Å². The third-order valence-corrected chi connectivity index (χ3v) is 3.55. The Balaban J connectivity index is 2.47. The monoisotopic (exact) mass is 260 g/mol. The number of aromatic hydroxyl groups is 1. The van der Waals surface area contributed by atoms with Crippen LogP contribution in [0.5, 0.6) is 5.75 Å². The fourth-order valence-corrected chi connectivity index (χ4v) is 2.43. The van der Waals surface area contributed by atoms with Crippen LogP contribution in [0.2, 0.25) is 0 Å². The highest BCUT2D eigenvalue weighted by Gasteiger charge is 2.11. The van der Waals surface area contributed by atoms with Crippen LogP contribution in [-0.4, -0.2) is 16.2 Å². The number of carboxylic acids is 1. The van der Waals surface area contributed by atoms with Gasteiger partial charge in [0.15, 0.2) is 0 Å². The van der Waals surface area contributed by atoms with Crippen molar-refractivity contribution in [2.45, 2.75) is 6.92 Å². The van der Waals surface area contributed by atoms with E-state index in [1.165, 1.54) is 23.5 Å². The van der Waals surface area contributed by atoms with E-state index in [4.69, 9.17) is 0 Å². The van der Waals surface area contributed by atoms with E-state index in [-0.39, 0.29) is 11.3 Å². The van der Waals surface area contributed by atoms with E-state index < -0.39 is 5.97 Å². The third-order valence-electron chi connectivity index (χ3n) is 2.59. The van der Waals surface area contributed by atoms with Crippen molar-refractivity contribution in [3.63, 3.8) is 0 Å². The summed E-state index contributed by atoms with van der Waals surface area (Å²) in [5, 5.41) is 20.4. The first-order valence-electron chi connectivity index (χ1n) is 5.36. The molecule has 0 saturated carbocycles. The predicted octanol–water partition coefficient (Wildman–Crippen LogP) is 3.39. The Kier molecular flexibility index (Phi) is 3.48. The first-order chi connectivity index (χ1) is 8.58. The summed E-state index contributed by atoms with van der Waals surface area (Å²) in [5.41, 5.74) is 1.85. The number of phenolic OH excluding ortho intramolecular Hbond substituents is 1. The topological polar surface area (TPSA) is 57.5 Å². The average molecular weight is 260 g/mol. The van der Waals surface area contributed by atoms with Gasteiger partial charge in [-0.2, -0.15) is 0 Å². The van der Waals surface area contributed by atoms with Crippen molar-refractivity contribution in [1.29, 1.82) is 0 Å². The number of carbonyl (C=O) groups is 1. The molecule has 0 radical (unpaired) electrons. The van der Waals surface area contributed by atoms with Crippen LogP contribution >= 0.6 is 11.3 Å². The number of benzene rings is 1. The molecule has 0 spiro atoms. The second-order valence-electron chi connectivity index (χ2n) is 3.88. The van der Waals surface area contributed by atoms with Crippen LogP contribution < -0.4 is 0 Å². The SMILES string of the molecule is Cc1ccsc1/C=C(\C(=O)O)c1ccc(O)cc1. The molecule has 0 aliphatic heterocycles. The van der Waals surface area contributed by atoms with E-state index in [1.54, 1.807) is 18.2 Å². The van der Waals surface area contributed by atoms with Crippen molar-refractivity contribution < 1.29 is 15.0 Å². The number of rotatable bonds is 3. The van der Waals surface area contributed by atoms with Gasteiger partial charge in [-0.3, -0.25) is 0 Å². The zero-order valence-corrected chi connectivity index (χ0v) is 10.6. The number of aryl methyl sites for hydroxylation is 1. The largest absolute Gasteiger partial charge is 0.508 e. The number of thiophene rings is 1. The highest BCUT2D eigenvalue weighted by Crippen LogP contribution is 2.25. The van der Waals surface area contributed by atoms with Gasteiger partial charge in [0.1, 0.15) is 5.75 Å². The molecule has 1 aromatic carbocycles. The van der Waals surface area contributed by atoms with Crippen LogP contribution in [0.25, 0.3) is 11.6 Å². The zero-order chi connectivity index (χ0) is 13.1. The fourth-order valence-electron chi connectivity index (χ4n) is 1.57. The van der Waals surface area contributed by atoms with Crippen LogP contribution in [0.4, 0.5) is 0 Å². The molecular weight excluding hydrogens is 248 g/mol. The highest BCUT2D eigenvalue weighted by atomic mass is 32.1. The molecule has 0 amide bonds. The number of carboxylic acid groups (broad SMARTS) is 1. The summed E-state index contributed by atoms with van der Waals surface area (Å²) in [6.45, 7) is 1.94. The molecule has 1 heterocycles. The molecule has 2 rings (SSSR count). The summed E-state index contributed by atoms with van der Waals surface area (Å²) in [7, 11) is 0. The third kappa shape index (κ3) is 2.60. The van der Waals surface area contributed by atoms with Crippen molar-refractivity contribution >= 4 is 29.0 Å². The normalized spacial score (nSPS) is 11.5. The Morgan fingerprint density at radius 2 is 1.89 bits per heavy atom. The fraction of sp³-hybridized carbons (Fsp3) is 0.0714. The van der Waals surface area contributed by atoms with Crippen molar-refractivity contribution in [3.8, 4) is 5.75 Å². The standard InChI is InChI=1S/C14H12O3S/c1-9-6-7-18-13(9)8-12(14(16)17)10-2-4-11(15)5-3-10/h2-8,15H,1H3,(H,16,17)/b12-8-. The van der Waals surface area contributed by atoms with Gasteiger partial charge < -0.3 is 10.2 Å². The van der Waals surface area contributed by atoms with Crippen molar-refractivity contribution in [2.24, 2.45) is 0 Å². The summed E-state index contributed by atoms with van der Waals surface area (Å²) in [6, 6.07) is 8.10. The average Bonchev–Trinajstić information content (AvgIpc) is 2.73. The second kappa shape index (κ2) is 5.06. The summed E-state index contributed by atoms with van der Waals surface area (Å²) < 4.78 is 0. The molecule has 2 aromatic rings. The van der Waals surface area contributed by atoms with Crippen LogP contribution in [0.1, 0.15) is 16.0 Å². The molecule has 4 heteroatoms. The van der Waals surface area contributed by atoms with E-state index in [9.17, 15) is 15.0 Å². The molecular formula is C14H12O3S. The maximum Gasteiger partial charge on any atom is 0.336 e. The van der Waals surface area contributed by atoms with Crippen LogP contribution in [-0.2, 0) is 4.79 Å². The molecule has 18 heavy (non-hydrogen) atoms. The minimum Gasteiger partial charge on any atom is -0.508 e. The van der Waals surface area contributed by atoms with Gasteiger partial charge in [0.2, 0.25) is 0 Å². The van der Waals surface area contributed by atoms with Gasteiger partial charge in [-0.05, 0) is 47.7 Å². The van der Waals surface area contributed by atoms with Gasteiger partial charge >= 0.3 is 5.97 Å². The van der Waals surface area contributed by atoms with Crippen molar-refractivity contribution in [3.05, 3.63) is 51.7 Å². The van der Waals surface area contributed by atoms with Crippen molar-refractivity contribution in [1.82, 2.24) is 0 Å². The molecule has 0 aliphatic carbocycles. The van der Waals surface area contributed by atoms with E-state index in [0.29, 0.717) is 5.56 Å². The number of phenols is 1. The van der Waals surface area contributed by atoms with Gasteiger partial charge in [-0.25, -0.2) is 4.79 Å². The van der Waals surface area contributed by atoms with Crippen LogP contribution in [0.3, 0.4) is 0 Å². The quantitative estimate of drug-likeness (QED) is 0.832. The molecule has 1 aromatic heterocycles. The molecule has 0 fully saturated rings. The minimum absolute atomic E-state index is 0.121. The number of hydrogen-bond acceptors (Lipinski definition) is 3. The molecule has 3 nitrogen and oxygen atoms in total. The van der Waals surface area contributed by atoms with E-state index in [1.807, 2.05) is 18.4 Å².